The molecule has 3 heteroatoms. The second kappa shape index (κ2) is 4.01. The lowest BCUT2D eigenvalue weighted by Gasteiger charge is -2.50. The van der Waals surface area contributed by atoms with Gasteiger partial charge >= 0.3 is 0 Å². The average molecular weight is 277 g/mol. The Bertz CT molecular complexity index is 236. The van der Waals surface area contributed by atoms with Crippen molar-refractivity contribution in [3.05, 3.63) is 0 Å². The van der Waals surface area contributed by atoms with Crippen molar-refractivity contribution in [3.63, 3.8) is 0 Å². The van der Waals surface area contributed by atoms with Crippen molar-refractivity contribution >= 4 is 15.9 Å². The molecule has 1 aliphatic carbocycles. The summed E-state index contributed by atoms with van der Waals surface area (Å²) in [5, 5.41) is 0. The van der Waals surface area contributed by atoms with Crippen molar-refractivity contribution in [2.75, 3.05) is 13.2 Å². The van der Waals surface area contributed by atoms with Gasteiger partial charge in [-0.15, -0.1) is 0 Å². The lowest BCUT2D eigenvalue weighted by atomic mass is 9.72. The molecule has 2 fully saturated rings. The van der Waals surface area contributed by atoms with Crippen LogP contribution in [0.1, 0.15) is 40.0 Å². The van der Waals surface area contributed by atoms with Gasteiger partial charge in [0.25, 0.3) is 0 Å². The number of halogens is 1. The zero-order valence-corrected chi connectivity index (χ0v) is 11.5. The van der Waals surface area contributed by atoms with Gasteiger partial charge in [0.05, 0.1) is 17.5 Å². The number of hydrogen-bond donors (Lipinski definition) is 0. The first-order valence-corrected chi connectivity index (χ1v) is 6.76. The summed E-state index contributed by atoms with van der Waals surface area (Å²) in [6.45, 7) is 8.27. The largest absolute Gasteiger partial charge is 0.346 e. The molecule has 1 saturated carbocycles. The SMILES string of the molecule is CC1CCC(Br)(C(C)C)C2(C1)OCCO2. The third-order valence-electron chi connectivity index (χ3n) is 3.92. The predicted octanol–water partition coefficient (Wildman–Crippen LogP) is 3.34. The fourth-order valence-electron chi connectivity index (χ4n) is 2.92. The van der Waals surface area contributed by atoms with Crippen LogP contribution in [0.15, 0.2) is 0 Å². The maximum absolute atomic E-state index is 5.96. The van der Waals surface area contributed by atoms with E-state index >= 15 is 0 Å². The molecule has 2 atom stereocenters. The van der Waals surface area contributed by atoms with Crippen molar-refractivity contribution in [1.82, 2.24) is 0 Å². The second-order valence-corrected chi connectivity index (χ2v) is 6.73. The van der Waals surface area contributed by atoms with Crippen LogP contribution in [0.25, 0.3) is 0 Å². The molecule has 15 heavy (non-hydrogen) atoms. The third-order valence-corrected chi connectivity index (χ3v) is 5.84. The summed E-state index contributed by atoms with van der Waals surface area (Å²) in [6.07, 6.45) is 3.43. The van der Waals surface area contributed by atoms with Crippen molar-refractivity contribution in [3.8, 4) is 0 Å². The van der Waals surface area contributed by atoms with Gasteiger partial charge < -0.3 is 9.47 Å². The van der Waals surface area contributed by atoms with Crippen LogP contribution in [-0.4, -0.2) is 23.3 Å². The summed E-state index contributed by atoms with van der Waals surface area (Å²) in [7, 11) is 0. The summed E-state index contributed by atoms with van der Waals surface area (Å²) in [6, 6.07) is 0. The molecule has 88 valence electrons. The smallest absolute Gasteiger partial charge is 0.184 e. The van der Waals surface area contributed by atoms with E-state index in [4.69, 9.17) is 9.47 Å². The van der Waals surface area contributed by atoms with E-state index in [1.807, 2.05) is 0 Å². The van der Waals surface area contributed by atoms with Gasteiger partial charge in [0, 0.05) is 6.42 Å². The normalized spacial score (nSPS) is 40.2. The molecule has 0 radical (unpaired) electrons. The fraction of sp³-hybridized carbons (Fsp3) is 1.00. The Morgan fingerprint density at radius 3 is 2.40 bits per heavy atom. The van der Waals surface area contributed by atoms with Crippen LogP contribution in [0.3, 0.4) is 0 Å². The molecule has 0 amide bonds. The zero-order chi connectivity index (χ0) is 11.1. The molecule has 0 N–H and O–H groups in total. The standard InChI is InChI=1S/C12H21BrO2/c1-9(2)11(13)5-4-10(3)8-12(11)14-6-7-15-12/h9-10H,4-8H2,1-3H3. The van der Waals surface area contributed by atoms with Crippen molar-refractivity contribution in [1.29, 1.82) is 0 Å². The maximum Gasteiger partial charge on any atom is 0.184 e. The van der Waals surface area contributed by atoms with Crippen molar-refractivity contribution < 1.29 is 9.47 Å². The second-order valence-electron chi connectivity index (χ2n) is 5.31. The van der Waals surface area contributed by atoms with Crippen LogP contribution < -0.4 is 0 Å². The van der Waals surface area contributed by atoms with Crippen LogP contribution in [0.4, 0.5) is 0 Å². The first-order valence-electron chi connectivity index (χ1n) is 5.97. The summed E-state index contributed by atoms with van der Waals surface area (Å²) in [5.41, 5.74) is 0. The summed E-state index contributed by atoms with van der Waals surface area (Å²) in [5.74, 6) is 0.870. The number of ether oxygens (including phenoxy) is 2. The third kappa shape index (κ3) is 1.77. The molecule has 1 saturated heterocycles. The minimum Gasteiger partial charge on any atom is -0.346 e. The molecule has 0 aromatic heterocycles. The van der Waals surface area contributed by atoms with Crippen LogP contribution in [0, 0.1) is 11.8 Å². The predicted molar refractivity (Wildman–Crippen MR) is 64.1 cm³/mol. The van der Waals surface area contributed by atoms with Gasteiger partial charge in [0.2, 0.25) is 0 Å². The molecule has 0 bridgehead atoms. The molecule has 1 heterocycles. The van der Waals surface area contributed by atoms with E-state index in [2.05, 4.69) is 36.7 Å². The lowest BCUT2D eigenvalue weighted by Crippen LogP contribution is -2.57. The quantitative estimate of drug-likeness (QED) is 0.684. The average Bonchev–Trinajstić information content (AvgIpc) is 2.62. The van der Waals surface area contributed by atoms with E-state index in [1.54, 1.807) is 0 Å². The van der Waals surface area contributed by atoms with Gasteiger partial charge in [-0.2, -0.15) is 0 Å². The highest BCUT2D eigenvalue weighted by atomic mass is 79.9. The highest BCUT2D eigenvalue weighted by molar-refractivity contribution is 9.10. The molecule has 2 rings (SSSR count). The Morgan fingerprint density at radius 1 is 1.27 bits per heavy atom. The highest BCUT2D eigenvalue weighted by Gasteiger charge is 2.58. The Morgan fingerprint density at radius 2 is 1.87 bits per heavy atom. The van der Waals surface area contributed by atoms with Gasteiger partial charge in [0.15, 0.2) is 5.79 Å². The molecule has 1 aliphatic heterocycles. The van der Waals surface area contributed by atoms with Gasteiger partial charge in [-0.05, 0) is 24.7 Å². The first kappa shape index (κ1) is 11.9. The maximum atomic E-state index is 5.96. The van der Waals surface area contributed by atoms with E-state index in [0.717, 1.165) is 26.1 Å². The van der Waals surface area contributed by atoms with E-state index in [-0.39, 0.29) is 10.1 Å². The lowest BCUT2D eigenvalue weighted by molar-refractivity contribution is -0.213. The van der Waals surface area contributed by atoms with Crippen molar-refractivity contribution in [2.24, 2.45) is 11.8 Å². The van der Waals surface area contributed by atoms with E-state index in [0.29, 0.717) is 11.8 Å². The highest BCUT2D eigenvalue weighted by Crippen LogP contribution is 2.53. The molecule has 2 aliphatic rings. The molecule has 2 nitrogen and oxygen atoms in total. The zero-order valence-electron chi connectivity index (χ0n) is 9.88. The number of alkyl halides is 1. The van der Waals surface area contributed by atoms with Crippen LogP contribution >= 0.6 is 15.9 Å². The van der Waals surface area contributed by atoms with E-state index in [1.165, 1.54) is 6.42 Å². The molecule has 0 aromatic rings. The molecular formula is C12H21BrO2. The van der Waals surface area contributed by atoms with Crippen molar-refractivity contribution in [2.45, 2.75) is 50.1 Å². The van der Waals surface area contributed by atoms with E-state index < -0.39 is 0 Å². The summed E-state index contributed by atoms with van der Waals surface area (Å²) >= 11 is 3.92. The molecule has 1 spiro atoms. The number of hydrogen-bond acceptors (Lipinski definition) is 2. The number of rotatable bonds is 1. The monoisotopic (exact) mass is 276 g/mol. The summed E-state index contributed by atoms with van der Waals surface area (Å²) < 4.78 is 11.9. The topological polar surface area (TPSA) is 18.5 Å². The Balaban J connectivity index is 2.28. The molecular weight excluding hydrogens is 256 g/mol. The first-order chi connectivity index (χ1) is 7.00. The molecule has 2 unspecified atom stereocenters. The van der Waals surface area contributed by atoms with Gasteiger partial charge in [-0.3, -0.25) is 0 Å². The van der Waals surface area contributed by atoms with Crippen LogP contribution in [0.2, 0.25) is 0 Å². The minimum atomic E-state index is -0.362. The van der Waals surface area contributed by atoms with Crippen LogP contribution in [0.5, 0.6) is 0 Å². The van der Waals surface area contributed by atoms with Gasteiger partial charge in [0.1, 0.15) is 0 Å². The van der Waals surface area contributed by atoms with Crippen LogP contribution in [-0.2, 0) is 9.47 Å². The Hall–Kier alpha value is 0.400. The fourth-order valence-corrected chi connectivity index (χ4v) is 3.54. The Labute approximate surface area is 101 Å². The van der Waals surface area contributed by atoms with Gasteiger partial charge in [-0.25, -0.2) is 0 Å². The van der Waals surface area contributed by atoms with E-state index in [9.17, 15) is 0 Å². The minimum absolute atomic E-state index is 0.00299. The molecule has 0 aromatic carbocycles. The van der Waals surface area contributed by atoms with Gasteiger partial charge in [-0.1, -0.05) is 36.7 Å². The summed E-state index contributed by atoms with van der Waals surface area (Å²) in [4.78, 5) is 0. The Kier molecular flexibility index (Phi) is 3.17.